The number of aromatic nitrogens is 2. The Balaban J connectivity index is 1.78. The minimum atomic E-state index is -0.641. The molecule has 2 aromatic carbocycles. The molecular weight excluding hydrogens is 496 g/mol. The first kappa shape index (κ1) is 23.0. The zero-order valence-corrected chi connectivity index (χ0v) is 20.0. The van der Waals surface area contributed by atoms with Gasteiger partial charge in [-0.25, -0.2) is 0 Å². The Morgan fingerprint density at radius 2 is 1.88 bits per heavy atom. The number of nitrogens with one attached hydrogen (secondary N) is 1. The molecule has 0 unspecified atom stereocenters. The van der Waals surface area contributed by atoms with Gasteiger partial charge in [0, 0.05) is 16.4 Å². The zero-order chi connectivity index (χ0) is 24.2. The van der Waals surface area contributed by atoms with Crippen molar-refractivity contribution in [2.75, 3.05) is 5.32 Å². The Labute approximate surface area is 204 Å². The maximum Gasteiger partial charge on any atom is 0.269 e. The summed E-state index contributed by atoms with van der Waals surface area (Å²) in [5.41, 5.74) is 2.27. The molecule has 34 heavy (non-hydrogen) atoms. The van der Waals surface area contributed by atoms with Gasteiger partial charge in [0.25, 0.3) is 11.5 Å². The number of ether oxygens (including phenoxy) is 1. The van der Waals surface area contributed by atoms with Crippen molar-refractivity contribution in [2.24, 2.45) is 0 Å². The zero-order valence-electron chi connectivity index (χ0n) is 18.4. The third-order valence-electron chi connectivity index (χ3n) is 5.18. The number of carbonyl (C=O) groups is 1. The highest BCUT2D eigenvalue weighted by molar-refractivity contribution is 9.10. The summed E-state index contributed by atoms with van der Waals surface area (Å²) >= 11 is 3.37. The number of anilines is 1. The van der Waals surface area contributed by atoms with Gasteiger partial charge in [0.2, 0.25) is 5.88 Å². The molecule has 0 atom stereocenters. The molecule has 0 bridgehead atoms. The van der Waals surface area contributed by atoms with E-state index in [2.05, 4.69) is 26.2 Å². The van der Waals surface area contributed by atoms with Crippen LogP contribution in [0.25, 0.3) is 11.7 Å². The Morgan fingerprint density at radius 3 is 2.59 bits per heavy atom. The number of nitrogens with zero attached hydrogens (tertiary/aromatic N) is 3. The number of rotatable bonds is 5. The summed E-state index contributed by atoms with van der Waals surface area (Å²) < 4.78 is 8.09. The van der Waals surface area contributed by atoms with Crippen LogP contribution in [0.5, 0.6) is 11.6 Å². The number of carbonyl (C=O) groups excluding carboxylic acids is 1. The summed E-state index contributed by atoms with van der Waals surface area (Å²) in [5.74, 6) is -0.203. The minimum absolute atomic E-state index is 0.00903. The van der Waals surface area contributed by atoms with Crippen molar-refractivity contribution in [3.05, 3.63) is 104 Å². The second-order valence-corrected chi connectivity index (χ2v) is 8.46. The lowest BCUT2D eigenvalue weighted by Gasteiger charge is -2.11. The van der Waals surface area contributed by atoms with Gasteiger partial charge < -0.3 is 10.1 Å². The van der Waals surface area contributed by atoms with E-state index in [0.29, 0.717) is 17.1 Å². The van der Waals surface area contributed by atoms with E-state index in [0.717, 1.165) is 15.6 Å². The third-order valence-corrected chi connectivity index (χ3v) is 5.71. The van der Waals surface area contributed by atoms with Gasteiger partial charge >= 0.3 is 0 Å². The first-order valence-electron chi connectivity index (χ1n) is 10.3. The predicted octanol–water partition coefficient (Wildman–Crippen LogP) is 5.41. The Bertz CT molecular complexity index is 1530. The number of nitriles is 1. The third kappa shape index (κ3) is 4.90. The molecule has 0 fully saturated rings. The Morgan fingerprint density at radius 1 is 1.12 bits per heavy atom. The van der Waals surface area contributed by atoms with Gasteiger partial charge in [-0.05, 0) is 79.6 Å². The number of pyridine rings is 1. The summed E-state index contributed by atoms with van der Waals surface area (Å²) in [6, 6.07) is 19.4. The first-order valence-corrected chi connectivity index (χ1v) is 11.1. The van der Waals surface area contributed by atoms with Gasteiger partial charge in [-0.1, -0.05) is 28.1 Å². The number of amides is 1. The molecular formula is C26H19BrN4O3. The first-order chi connectivity index (χ1) is 16.4. The molecule has 7 nitrogen and oxygen atoms in total. The van der Waals surface area contributed by atoms with E-state index >= 15 is 0 Å². The van der Waals surface area contributed by atoms with E-state index in [1.807, 2.05) is 32.0 Å². The smallest absolute Gasteiger partial charge is 0.269 e. The highest BCUT2D eigenvalue weighted by Crippen LogP contribution is 2.25. The molecule has 0 aliphatic rings. The fourth-order valence-electron chi connectivity index (χ4n) is 3.21. The molecule has 168 valence electrons. The van der Waals surface area contributed by atoms with Crippen LogP contribution < -0.4 is 15.6 Å². The quantitative estimate of drug-likeness (QED) is 0.283. The number of aryl methyl sites for hydroxylation is 2. The van der Waals surface area contributed by atoms with Gasteiger partial charge in [0.05, 0.1) is 0 Å². The van der Waals surface area contributed by atoms with Crippen LogP contribution in [0, 0.1) is 25.2 Å². The van der Waals surface area contributed by atoms with Crippen molar-refractivity contribution in [3.8, 4) is 17.7 Å². The summed E-state index contributed by atoms with van der Waals surface area (Å²) in [5, 5.41) is 12.4. The molecule has 0 aliphatic heterocycles. The number of benzene rings is 2. The van der Waals surface area contributed by atoms with E-state index in [-0.39, 0.29) is 17.0 Å². The number of halogens is 1. The van der Waals surface area contributed by atoms with Crippen molar-refractivity contribution in [1.82, 2.24) is 9.38 Å². The summed E-state index contributed by atoms with van der Waals surface area (Å²) in [4.78, 5) is 30.6. The normalized spacial score (nSPS) is 11.2. The van der Waals surface area contributed by atoms with Crippen LogP contribution in [0.4, 0.5) is 5.69 Å². The summed E-state index contributed by atoms with van der Waals surface area (Å²) in [6.45, 7) is 3.90. The fraction of sp³-hybridized carbons (Fsp3) is 0.0769. The van der Waals surface area contributed by atoms with Gasteiger partial charge in [0.1, 0.15) is 28.6 Å². The molecule has 1 N–H and O–H groups in total. The van der Waals surface area contributed by atoms with E-state index in [1.165, 1.54) is 10.5 Å². The van der Waals surface area contributed by atoms with E-state index in [9.17, 15) is 14.9 Å². The monoisotopic (exact) mass is 514 g/mol. The van der Waals surface area contributed by atoms with Crippen molar-refractivity contribution < 1.29 is 9.53 Å². The van der Waals surface area contributed by atoms with Crippen molar-refractivity contribution in [3.63, 3.8) is 0 Å². The van der Waals surface area contributed by atoms with Crippen LogP contribution in [-0.2, 0) is 4.79 Å². The molecule has 0 saturated heterocycles. The van der Waals surface area contributed by atoms with Gasteiger partial charge in [-0.3, -0.25) is 14.0 Å². The van der Waals surface area contributed by atoms with Gasteiger partial charge in [-0.2, -0.15) is 10.2 Å². The Hall–Kier alpha value is -4.22. The number of fused-ring (bicyclic) bond motifs is 1. The number of hydrogen-bond donors (Lipinski definition) is 1. The van der Waals surface area contributed by atoms with Crippen LogP contribution in [0.15, 0.2) is 81.7 Å². The lowest BCUT2D eigenvalue weighted by Crippen LogP contribution is -2.20. The molecule has 0 spiro atoms. The molecule has 0 radical (unpaired) electrons. The molecule has 2 aromatic heterocycles. The average molecular weight is 515 g/mol. The molecule has 0 saturated carbocycles. The van der Waals surface area contributed by atoms with Crippen molar-refractivity contribution in [1.29, 1.82) is 5.26 Å². The van der Waals surface area contributed by atoms with Crippen LogP contribution in [0.3, 0.4) is 0 Å². The lowest BCUT2D eigenvalue weighted by atomic mass is 10.1. The topological polar surface area (TPSA) is 96.5 Å². The minimum Gasteiger partial charge on any atom is -0.438 e. The van der Waals surface area contributed by atoms with Crippen molar-refractivity contribution in [2.45, 2.75) is 13.8 Å². The molecule has 0 aliphatic carbocycles. The summed E-state index contributed by atoms with van der Waals surface area (Å²) in [6.07, 6.45) is 2.77. The second-order valence-electron chi connectivity index (χ2n) is 7.54. The molecule has 2 heterocycles. The standard InChI is InChI=1S/C26H19BrN4O3/c1-16-6-9-20(13-17(16)2)29-24(32)18(15-28)14-22-25(34-21-10-7-19(27)8-11-21)30-23-5-3-4-12-31(23)26(22)33/h3-14H,1-2H3,(H,29,32)/b18-14+. The van der Waals surface area contributed by atoms with Crippen molar-refractivity contribution >= 4 is 39.2 Å². The number of hydrogen-bond acceptors (Lipinski definition) is 5. The molecule has 4 rings (SSSR count). The maximum absolute atomic E-state index is 13.3. The van der Waals surface area contributed by atoms with Crippen LogP contribution >= 0.6 is 15.9 Å². The van der Waals surface area contributed by atoms with Crippen LogP contribution in [-0.4, -0.2) is 15.3 Å². The highest BCUT2D eigenvalue weighted by Gasteiger charge is 2.17. The maximum atomic E-state index is 13.3. The molecule has 8 heteroatoms. The highest BCUT2D eigenvalue weighted by atomic mass is 79.9. The summed E-state index contributed by atoms with van der Waals surface area (Å²) in [7, 11) is 0. The van der Waals surface area contributed by atoms with E-state index < -0.39 is 11.5 Å². The second kappa shape index (κ2) is 9.73. The molecule has 4 aromatic rings. The predicted molar refractivity (Wildman–Crippen MR) is 134 cm³/mol. The van der Waals surface area contributed by atoms with Crippen LogP contribution in [0.1, 0.15) is 16.7 Å². The van der Waals surface area contributed by atoms with Crippen LogP contribution in [0.2, 0.25) is 0 Å². The lowest BCUT2D eigenvalue weighted by molar-refractivity contribution is -0.112. The van der Waals surface area contributed by atoms with Gasteiger partial charge in [-0.15, -0.1) is 0 Å². The Kier molecular flexibility index (Phi) is 6.57. The SMILES string of the molecule is Cc1ccc(NC(=O)/C(C#N)=C/c2c(Oc3ccc(Br)cc3)nc3ccccn3c2=O)cc1C. The fourth-order valence-corrected chi connectivity index (χ4v) is 3.47. The van der Waals surface area contributed by atoms with Gasteiger partial charge in [0.15, 0.2) is 0 Å². The average Bonchev–Trinajstić information content (AvgIpc) is 2.83. The van der Waals surface area contributed by atoms with E-state index in [1.54, 1.807) is 54.7 Å². The molecule has 1 amide bonds. The largest absolute Gasteiger partial charge is 0.438 e. The van der Waals surface area contributed by atoms with E-state index in [4.69, 9.17) is 4.74 Å².